The highest BCUT2D eigenvalue weighted by molar-refractivity contribution is 5.95. The maximum atomic E-state index is 12.5. The van der Waals surface area contributed by atoms with E-state index in [0.29, 0.717) is 30.8 Å². The molecule has 1 aromatic carbocycles. The van der Waals surface area contributed by atoms with Crippen molar-refractivity contribution in [3.05, 3.63) is 53.4 Å². The molecule has 3 rings (SSSR count). The molecule has 1 aromatic heterocycles. The molecular weight excluding hydrogens is 298 g/mol. The minimum atomic E-state index is -0.534. The van der Waals surface area contributed by atoms with Crippen LogP contribution in [0.5, 0.6) is 0 Å². The average molecular weight is 315 g/mol. The third kappa shape index (κ3) is 3.18. The van der Waals surface area contributed by atoms with Gasteiger partial charge in [0.15, 0.2) is 0 Å². The first-order chi connectivity index (χ1) is 11.2. The molecule has 2 aromatic rings. The van der Waals surface area contributed by atoms with E-state index in [-0.39, 0.29) is 12.5 Å². The molecular formula is C16H17N3O4. The number of ether oxygens (including phenoxy) is 1. The largest absolute Gasteiger partial charge is 0.443 e. The molecule has 1 fully saturated rings. The Kier molecular flexibility index (Phi) is 4.27. The lowest BCUT2D eigenvalue weighted by Gasteiger charge is -2.26. The number of carbonyl (C=O) groups is 2. The van der Waals surface area contributed by atoms with Gasteiger partial charge in [-0.15, -0.1) is 0 Å². The fourth-order valence-electron chi connectivity index (χ4n) is 2.44. The summed E-state index contributed by atoms with van der Waals surface area (Å²) in [6.07, 6.45) is 1.47. The summed E-state index contributed by atoms with van der Waals surface area (Å²) in [7, 11) is 0. The van der Waals surface area contributed by atoms with Gasteiger partial charge >= 0.3 is 6.09 Å². The van der Waals surface area contributed by atoms with Crippen LogP contribution >= 0.6 is 0 Å². The molecule has 0 N–H and O–H groups in total. The predicted octanol–water partition coefficient (Wildman–Crippen LogP) is 2.38. The molecule has 2 heterocycles. The average Bonchev–Trinajstić information content (AvgIpc) is 3.22. The number of amides is 2. The standard InChI is InChI=1S/C16H17N3O4/c1-12-14(11-23-17-12)15(20)18-8-5-9-19(18)16(21)22-10-13-6-3-2-4-7-13/h2-4,6-7,11H,5,8-10H2,1H3. The smallest absolute Gasteiger partial charge is 0.429 e. The lowest BCUT2D eigenvalue weighted by atomic mass is 10.2. The Morgan fingerprint density at radius 1 is 1.22 bits per heavy atom. The second-order valence-corrected chi connectivity index (χ2v) is 5.26. The number of carbonyl (C=O) groups excluding carboxylic acids is 2. The van der Waals surface area contributed by atoms with Crippen molar-refractivity contribution in [2.45, 2.75) is 20.0 Å². The van der Waals surface area contributed by atoms with Gasteiger partial charge in [0.05, 0.1) is 5.69 Å². The summed E-state index contributed by atoms with van der Waals surface area (Å²) < 4.78 is 10.1. The molecule has 0 saturated carbocycles. The van der Waals surface area contributed by atoms with Crippen LogP contribution in [-0.4, -0.2) is 40.3 Å². The molecule has 2 amide bonds. The topological polar surface area (TPSA) is 75.9 Å². The van der Waals surface area contributed by atoms with E-state index in [9.17, 15) is 9.59 Å². The highest BCUT2D eigenvalue weighted by atomic mass is 16.6. The molecule has 7 nitrogen and oxygen atoms in total. The normalized spacial score (nSPS) is 14.1. The van der Waals surface area contributed by atoms with E-state index in [1.54, 1.807) is 6.92 Å². The number of hydrazine groups is 1. The quantitative estimate of drug-likeness (QED) is 0.869. The molecule has 0 bridgehead atoms. The monoisotopic (exact) mass is 315 g/mol. The van der Waals surface area contributed by atoms with Crippen LogP contribution in [0.2, 0.25) is 0 Å². The maximum Gasteiger partial charge on any atom is 0.429 e. The van der Waals surface area contributed by atoms with Gasteiger partial charge < -0.3 is 9.26 Å². The third-order valence-electron chi connectivity index (χ3n) is 3.66. The molecule has 0 atom stereocenters. The summed E-state index contributed by atoms with van der Waals surface area (Å²) in [5.41, 5.74) is 1.75. The minimum Gasteiger partial charge on any atom is -0.443 e. The predicted molar refractivity (Wildman–Crippen MR) is 80.2 cm³/mol. The van der Waals surface area contributed by atoms with E-state index in [0.717, 1.165) is 5.56 Å². The van der Waals surface area contributed by atoms with Gasteiger partial charge in [-0.05, 0) is 18.9 Å². The van der Waals surface area contributed by atoms with Crippen LogP contribution < -0.4 is 0 Å². The van der Waals surface area contributed by atoms with Crippen molar-refractivity contribution >= 4 is 12.0 Å². The lowest BCUT2D eigenvalue weighted by Crippen LogP contribution is -2.45. The van der Waals surface area contributed by atoms with E-state index < -0.39 is 6.09 Å². The van der Waals surface area contributed by atoms with Crippen molar-refractivity contribution < 1.29 is 18.8 Å². The van der Waals surface area contributed by atoms with E-state index in [1.807, 2.05) is 30.3 Å². The number of rotatable bonds is 3. The number of aromatic nitrogens is 1. The number of benzene rings is 1. The van der Waals surface area contributed by atoms with Crippen LogP contribution in [0.3, 0.4) is 0 Å². The van der Waals surface area contributed by atoms with Gasteiger partial charge in [-0.1, -0.05) is 35.5 Å². The molecule has 7 heteroatoms. The van der Waals surface area contributed by atoms with Crippen molar-refractivity contribution in [3.63, 3.8) is 0 Å². The lowest BCUT2D eigenvalue weighted by molar-refractivity contribution is 0.0110. The van der Waals surface area contributed by atoms with Crippen LogP contribution in [-0.2, 0) is 11.3 Å². The molecule has 1 saturated heterocycles. The fourth-order valence-corrected chi connectivity index (χ4v) is 2.44. The Balaban J connectivity index is 1.65. The first-order valence-corrected chi connectivity index (χ1v) is 7.38. The molecule has 1 aliphatic heterocycles. The first kappa shape index (κ1) is 15.1. The molecule has 120 valence electrons. The molecule has 23 heavy (non-hydrogen) atoms. The zero-order valence-corrected chi connectivity index (χ0v) is 12.8. The van der Waals surface area contributed by atoms with Crippen LogP contribution in [0.25, 0.3) is 0 Å². The van der Waals surface area contributed by atoms with Crippen molar-refractivity contribution in [1.29, 1.82) is 0 Å². The van der Waals surface area contributed by atoms with Gasteiger partial charge in [0.1, 0.15) is 18.4 Å². The summed E-state index contributed by atoms with van der Waals surface area (Å²) in [5, 5.41) is 6.41. The number of aryl methyl sites for hydroxylation is 1. The van der Waals surface area contributed by atoms with Crippen LogP contribution in [0.15, 0.2) is 41.1 Å². The molecule has 0 spiro atoms. The Morgan fingerprint density at radius 3 is 2.65 bits per heavy atom. The summed E-state index contributed by atoms with van der Waals surface area (Å²) in [5.74, 6) is -0.307. The summed E-state index contributed by atoms with van der Waals surface area (Å²) in [6.45, 7) is 2.77. The van der Waals surface area contributed by atoms with Crippen LogP contribution in [0.1, 0.15) is 28.0 Å². The second kappa shape index (κ2) is 6.51. The fraction of sp³-hybridized carbons (Fsp3) is 0.312. The summed E-state index contributed by atoms with van der Waals surface area (Å²) in [4.78, 5) is 24.8. The van der Waals surface area contributed by atoms with Crippen molar-refractivity contribution in [3.8, 4) is 0 Å². The molecule has 0 aliphatic carbocycles. The van der Waals surface area contributed by atoms with Crippen molar-refractivity contribution in [2.24, 2.45) is 0 Å². The number of hydrogen-bond donors (Lipinski definition) is 0. The highest BCUT2D eigenvalue weighted by Crippen LogP contribution is 2.18. The third-order valence-corrected chi connectivity index (χ3v) is 3.66. The zero-order valence-electron chi connectivity index (χ0n) is 12.8. The Hall–Kier alpha value is -2.83. The molecule has 0 unspecified atom stereocenters. The van der Waals surface area contributed by atoms with Crippen LogP contribution in [0.4, 0.5) is 4.79 Å². The Morgan fingerprint density at radius 2 is 1.96 bits per heavy atom. The Labute approximate surface area is 133 Å². The summed E-state index contributed by atoms with van der Waals surface area (Å²) in [6, 6.07) is 9.40. The number of hydrogen-bond acceptors (Lipinski definition) is 5. The van der Waals surface area contributed by atoms with Gasteiger partial charge in [-0.2, -0.15) is 0 Å². The van der Waals surface area contributed by atoms with Crippen molar-refractivity contribution in [1.82, 2.24) is 15.2 Å². The van der Waals surface area contributed by atoms with Gasteiger partial charge in [0, 0.05) is 13.1 Å². The SMILES string of the molecule is Cc1nocc1C(=O)N1CCCN1C(=O)OCc1ccccc1. The van der Waals surface area contributed by atoms with Gasteiger partial charge in [0.2, 0.25) is 0 Å². The second-order valence-electron chi connectivity index (χ2n) is 5.26. The highest BCUT2D eigenvalue weighted by Gasteiger charge is 2.33. The molecule has 0 radical (unpaired) electrons. The van der Waals surface area contributed by atoms with E-state index in [2.05, 4.69) is 5.16 Å². The molecule has 1 aliphatic rings. The van der Waals surface area contributed by atoms with E-state index >= 15 is 0 Å². The van der Waals surface area contributed by atoms with Gasteiger partial charge in [-0.3, -0.25) is 4.79 Å². The van der Waals surface area contributed by atoms with Gasteiger partial charge in [-0.25, -0.2) is 14.8 Å². The maximum absolute atomic E-state index is 12.5. The first-order valence-electron chi connectivity index (χ1n) is 7.38. The Bertz CT molecular complexity index is 698. The van der Waals surface area contributed by atoms with E-state index in [1.165, 1.54) is 16.3 Å². The minimum absolute atomic E-state index is 0.171. The van der Waals surface area contributed by atoms with Crippen molar-refractivity contribution in [2.75, 3.05) is 13.1 Å². The van der Waals surface area contributed by atoms with E-state index in [4.69, 9.17) is 9.26 Å². The van der Waals surface area contributed by atoms with Crippen LogP contribution in [0, 0.1) is 6.92 Å². The number of nitrogens with zero attached hydrogens (tertiary/aromatic N) is 3. The summed E-state index contributed by atoms with van der Waals surface area (Å²) >= 11 is 0. The zero-order chi connectivity index (χ0) is 16.2. The van der Waals surface area contributed by atoms with Gasteiger partial charge in [0.25, 0.3) is 5.91 Å².